The van der Waals surface area contributed by atoms with Gasteiger partial charge in [0.2, 0.25) is 0 Å². The third-order valence-electron chi connectivity index (χ3n) is 3.98. The summed E-state index contributed by atoms with van der Waals surface area (Å²) in [5.41, 5.74) is -1.33. The SMILES string of the molecule is CCOC(=O)C1(Cc2cccc(F)c2F)CCCCC1=O. The van der Waals surface area contributed by atoms with Gasteiger partial charge >= 0.3 is 5.97 Å². The minimum Gasteiger partial charge on any atom is -0.465 e. The Labute approximate surface area is 122 Å². The van der Waals surface area contributed by atoms with E-state index in [9.17, 15) is 18.4 Å². The van der Waals surface area contributed by atoms with Gasteiger partial charge in [0.25, 0.3) is 0 Å². The Bertz CT molecular complexity index is 556. The molecule has 3 nitrogen and oxygen atoms in total. The lowest BCUT2D eigenvalue weighted by molar-refractivity contribution is -0.162. The lowest BCUT2D eigenvalue weighted by Crippen LogP contribution is -2.45. The number of benzene rings is 1. The number of ketones is 1. The van der Waals surface area contributed by atoms with Crippen molar-refractivity contribution in [3.63, 3.8) is 0 Å². The summed E-state index contributed by atoms with van der Waals surface area (Å²) in [6, 6.07) is 3.79. The fraction of sp³-hybridized carbons (Fsp3) is 0.500. The van der Waals surface area contributed by atoms with Crippen LogP contribution in [0.15, 0.2) is 18.2 Å². The van der Waals surface area contributed by atoms with Gasteiger partial charge in [-0.25, -0.2) is 8.78 Å². The average molecular weight is 296 g/mol. The summed E-state index contributed by atoms with van der Waals surface area (Å²) in [4.78, 5) is 24.6. The van der Waals surface area contributed by atoms with Crippen molar-refractivity contribution in [2.45, 2.75) is 39.0 Å². The van der Waals surface area contributed by atoms with Crippen molar-refractivity contribution in [3.8, 4) is 0 Å². The summed E-state index contributed by atoms with van der Waals surface area (Å²) in [6.45, 7) is 1.81. The molecule has 0 saturated heterocycles. The number of carbonyl (C=O) groups is 2. The molecule has 0 aliphatic heterocycles. The number of rotatable bonds is 4. The number of halogens is 2. The molecule has 1 aromatic rings. The molecule has 1 unspecified atom stereocenters. The van der Waals surface area contributed by atoms with Crippen LogP contribution in [0.2, 0.25) is 0 Å². The molecule has 1 aromatic carbocycles. The molecule has 0 heterocycles. The second-order valence-electron chi connectivity index (χ2n) is 5.32. The zero-order chi connectivity index (χ0) is 15.5. The van der Waals surface area contributed by atoms with Gasteiger partial charge in [-0.05, 0) is 37.8 Å². The van der Waals surface area contributed by atoms with Crippen molar-refractivity contribution in [2.24, 2.45) is 5.41 Å². The van der Waals surface area contributed by atoms with Gasteiger partial charge < -0.3 is 4.74 Å². The average Bonchev–Trinajstić information content (AvgIpc) is 2.46. The van der Waals surface area contributed by atoms with E-state index in [4.69, 9.17) is 4.74 Å². The predicted octanol–water partition coefficient (Wildman–Crippen LogP) is 3.20. The summed E-state index contributed by atoms with van der Waals surface area (Å²) in [5, 5.41) is 0. The summed E-state index contributed by atoms with van der Waals surface area (Å²) in [7, 11) is 0. The van der Waals surface area contributed by atoms with Gasteiger partial charge in [0.05, 0.1) is 6.61 Å². The Balaban J connectivity index is 2.38. The van der Waals surface area contributed by atoms with E-state index in [1.807, 2.05) is 0 Å². The molecule has 2 rings (SSSR count). The molecule has 21 heavy (non-hydrogen) atoms. The van der Waals surface area contributed by atoms with Crippen LogP contribution in [0.25, 0.3) is 0 Å². The quantitative estimate of drug-likeness (QED) is 0.633. The van der Waals surface area contributed by atoms with Gasteiger partial charge in [-0.15, -0.1) is 0 Å². The molecule has 1 atom stereocenters. The fourth-order valence-corrected chi connectivity index (χ4v) is 2.85. The molecule has 114 valence electrons. The third-order valence-corrected chi connectivity index (χ3v) is 3.98. The van der Waals surface area contributed by atoms with E-state index < -0.39 is 23.0 Å². The van der Waals surface area contributed by atoms with Gasteiger partial charge in [-0.1, -0.05) is 18.6 Å². The van der Waals surface area contributed by atoms with Crippen molar-refractivity contribution in [1.82, 2.24) is 0 Å². The van der Waals surface area contributed by atoms with Gasteiger partial charge in [0, 0.05) is 6.42 Å². The number of carbonyl (C=O) groups excluding carboxylic acids is 2. The number of Topliss-reactive ketones (excluding diaryl/α,β-unsaturated/α-hetero) is 1. The van der Waals surface area contributed by atoms with Crippen molar-refractivity contribution < 1.29 is 23.1 Å². The van der Waals surface area contributed by atoms with Gasteiger partial charge in [-0.3, -0.25) is 9.59 Å². The molecule has 5 heteroatoms. The van der Waals surface area contributed by atoms with Crippen LogP contribution in [0.3, 0.4) is 0 Å². The summed E-state index contributed by atoms with van der Waals surface area (Å²) in [6.07, 6.45) is 1.86. The largest absolute Gasteiger partial charge is 0.465 e. The smallest absolute Gasteiger partial charge is 0.319 e. The maximum absolute atomic E-state index is 13.9. The fourth-order valence-electron chi connectivity index (χ4n) is 2.85. The lowest BCUT2D eigenvalue weighted by atomic mass is 9.69. The van der Waals surface area contributed by atoms with Crippen LogP contribution < -0.4 is 0 Å². The first-order chi connectivity index (χ1) is 10.0. The van der Waals surface area contributed by atoms with Gasteiger partial charge in [-0.2, -0.15) is 0 Å². The normalized spacial score (nSPS) is 22.1. The minimum absolute atomic E-state index is 0.0401. The second kappa shape index (κ2) is 6.33. The van der Waals surface area contributed by atoms with Crippen molar-refractivity contribution >= 4 is 11.8 Å². The minimum atomic E-state index is -1.37. The van der Waals surface area contributed by atoms with Crippen LogP contribution in [0.5, 0.6) is 0 Å². The molecule has 1 fully saturated rings. The Hall–Kier alpha value is -1.78. The molecule has 1 aliphatic rings. The Morgan fingerprint density at radius 2 is 2.10 bits per heavy atom. The van der Waals surface area contributed by atoms with Crippen LogP contribution >= 0.6 is 0 Å². The standard InChI is InChI=1S/C16H18F2O3/c1-2-21-15(20)16(9-4-3-8-13(16)19)10-11-6-5-7-12(17)14(11)18/h5-7H,2-4,8-10H2,1H3. The van der Waals surface area contributed by atoms with Gasteiger partial charge in [0.15, 0.2) is 17.4 Å². The first-order valence-electron chi connectivity index (χ1n) is 7.14. The first kappa shape index (κ1) is 15.6. The first-order valence-corrected chi connectivity index (χ1v) is 7.14. The zero-order valence-corrected chi connectivity index (χ0v) is 12.0. The number of hydrogen-bond acceptors (Lipinski definition) is 3. The zero-order valence-electron chi connectivity index (χ0n) is 12.0. The van der Waals surface area contributed by atoms with Crippen molar-refractivity contribution in [3.05, 3.63) is 35.4 Å². The summed E-state index contributed by atoms with van der Waals surface area (Å²) >= 11 is 0. The molecule has 0 bridgehead atoms. The van der Waals surface area contributed by atoms with Crippen molar-refractivity contribution in [2.75, 3.05) is 6.61 Å². The van der Waals surface area contributed by atoms with E-state index in [0.29, 0.717) is 19.3 Å². The highest BCUT2D eigenvalue weighted by atomic mass is 19.2. The van der Waals surface area contributed by atoms with Gasteiger partial charge in [0.1, 0.15) is 5.41 Å². The lowest BCUT2D eigenvalue weighted by Gasteiger charge is -2.33. The Kier molecular flexibility index (Phi) is 4.70. The molecular weight excluding hydrogens is 278 g/mol. The van der Waals surface area contributed by atoms with Crippen LogP contribution in [-0.4, -0.2) is 18.4 Å². The van der Waals surface area contributed by atoms with Crippen LogP contribution in [-0.2, 0) is 20.7 Å². The Morgan fingerprint density at radius 3 is 2.76 bits per heavy atom. The van der Waals surface area contributed by atoms with E-state index >= 15 is 0 Å². The molecule has 0 spiro atoms. The van der Waals surface area contributed by atoms with E-state index in [2.05, 4.69) is 0 Å². The number of hydrogen-bond donors (Lipinski definition) is 0. The molecule has 0 radical (unpaired) electrons. The van der Waals surface area contributed by atoms with Crippen LogP contribution in [0, 0.1) is 17.0 Å². The van der Waals surface area contributed by atoms with Crippen molar-refractivity contribution in [1.29, 1.82) is 0 Å². The molecule has 0 amide bonds. The Morgan fingerprint density at radius 1 is 1.33 bits per heavy atom. The van der Waals surface area contributed by atoms with E-state index in [0.717, 1.165) is 6.07 Å². The van der Waals surface area contributed by atoms with Crippen LogP contribution in [0.1, 0.15) is 38.2 Å². The molecule has 1 aliphatic carbocycles. The molecular formula is C16H18F2O3. The summed E-state index contributed by atoms with van der Waals surface area (Å²) in [5.74, 6) is -2.84. The maximum atomic E-state index is 13.9. The van der Waals surface area contributed by atoms with Crippen LogP contribution in [0.4, 0.5) is 8.78 Å². The van der Waals surface area contributed by atoms with E-state index in [1.165, 1.54) is 12.1 Å². The monoisotopic (exact) mass is 296 g/mol. The predicted molar refractivity (Wildman–Crippen MR) is 72.6 cm³/mol. The summed E-state index contributed by atoms with van der Waals surface area (Å²) < 4.78 is 32.2. The molecule has 1 saturated carbocycles. The van der Waals surface area contributed by atoms with E-state index in [1.54, 1.807) is 6.92 Å². The maximum Gasteiger partial charge on any atom is 0.319 e. The van der Waals surface area contributed by atoms with E-state index in [-0.39, 0.29) is 30.8 Å². The second-order valence-corrected chi connectivity index (χ2v) is 5.32. The highest BCUT2D eigenvalue weighted by Gasteiger charge is 2.48. The number of esters is 1. The highest BCUT2D eigenvalue weighted by Crippen LogP contribution is 2.38. The molecule has 0 N–H and O–H groups in total. The highest BCUT2D eigenvalue weighted by molar-refractivity contribution is 6.04. The number of ether oxygens (including phenoxy) is 1. The topological polar surface area (TPSA) is 43.4 Å². The third kappa shape index (κ3) is 2.96. The molecule has 0 aromatic heterocycles.